The van der Waals surface area contributed by atoms with Gasteiger partial charge < -0.3 is 5.11 Å². The summed E-state index contributed by atoms with van der Waals surface area (Å²) in [6.07, 6.45) is 0. The zero-order valence-electron chi connectivity index (χ0n) is 17.1. The molecule has 0 radical (unpaired) electrons. The van der Waals surface area contributed by atoms with E-state index < -0.39 is 26.8 Å². The minimum Gasteiger partial charge on any atom is -0.480 e. The van der Waals surface area contributed by atoms with Crippen LogP contribution < -0.4 is 0 Å². The Morgan fingerprint density at radius 2 is 1.59 bits per heavy atom. The largest absolute Gasteiger partial charge is 0.480 e. The van der Waals surface area contributed by atoms with E-state index in [-0.39, 0.29) is 11.4 Å². The first-order valence-corrected chi connectivity index (χ1v) is 12.1. The van der Waals surface area contributed by atoms with E-state index in [4.69, 9.17) is 0 Å². The molecule has 1 heterocycles. The Labute approximate surface area is 177 Å². The number of aliphatic carboxylic acids is 1. The van der Waals surface area contributed by atoms with Gasteiger partial charge in [0, 0.05) is 17.0 Å². The Morgan fingerprint density at radius 1 is 1.07 bits per heavy atom. The smallest absolute Gasteiger partial charge is 0.323 e. The molecule has 2 aromatic carbocycles. The third-order valence-corrected chi connectivity index (χ3v) is 8.57. The molecule has 1 N–H and O–H groups in total. The monoisotopic (exact) mass is 433 g/mol. The second-order valence-electron chi connectivity index (χ2n) is 8.11. The van der Waals surface area contributed by atoms with Gasteiger partial charge in [-0.3, -0.25) is 4.79 Å². The van der Waals surface area contributed by atoms with E-state index in [0.29, 0.717) is 11.7 Å². The number of hydrogen-bond donors (Lipinski definition) is 1. The quantitative estimate of drug-likeness (QED) is 0.754. The van der Waals surface area contributed by atoms with Crippen molar-refractivity contribution in [3.8, 4) is 11.1 Å². The van der Waals surface area contributed by atoms with Gasteiger partial charge in [-0.2, -0.15) is 16.1 Å². The summed E-state index contributed by atoms with van der Waals surface area (Å²) in [4.78, 5) is 12.0. The van der Waals surface area contributed by atoms with Crippen molar-refractivity contribution >= 4 is 27.8 Å². The molecule has 0 amide bonds. The first-order valence-electron chi connectivity index (χ1n) is 9.63. The predicted octanol–water partition coefficient (Wildman–Crippen LogP) is 4.45. The highest BCUT2D eigenvalue weighted by Crippen LogP contribution is 2.38. The molecule has 2 aromatic rings. The van der Waals surface area contributed by atoms with Crippen LogP contribution in [0, 0.1) is 0 Å². The maximum absolute atomic E-state index is 13.2. The minimum atomic E-state index is -3.91. The van der Waals surface area contributed by atoms with Crippen molar-refractivity contribution in [3.63, 3.8) is 0 Å². The van der Waals surface area contributed by atoms with Gasteiger partial charge in [-0.1, -0.05) is 50.2 Å². The van der Waals surface area contributed by atoms with Gasteiger partial charge in [0.05, 0.1) is 4.90 Å². The molecule has 1 atom stereocenters. The van der Waals surface area contributed by atoms with E-state index in [1.54, 1.807) is 38.1 Å². The molecule has 29 heavy (non-hydrogen) atoms. The van der Waals surface area contributed by atoms with Gasteiger partial charge in [0.15, 0.2) is 0 Å². The fraction of sp³-hybridized carbons (Fsp3) is 0.409. The molecule has 1 saturated heterocycles. The van der Waals surface area contributed by atoms with Crippen molar-refractivity contribution in [3.05, 3.63) is 54.1 Å². The lowest BCUT2D eigenvalue weighted by Crippen LogP contribution is -2.58. The van der Waals surface area contributed by atoms with E-state index in [9.17, 15) is 18.3 Å². The summed E-state index contributed by atoms with van der Waals surface area (Å²) in [5.41, 5.74) is 3.18. The number of nitrogens with zero attached hydrogens (tertiary/aromatic N) is 1. The molecule has 3 rings (SSSR count). The van der Waals surface area contributed by atoms with Crippen LogP contribution in [0.25, 0.3) is 11.1 Å². The predicted molar refractivity (Wildman–Crippen MR) is 118 cm³/mol. The first-order chi connectivity index (χ1) is 13.5. The molecule has 156 valence electrons. The van der Waals surface area contributed by atoms with E-state index >= 15 is 0 Å². The Kier molecular flexibility index (Phi) is 6.13. The lowest BCUT2D eigenvalue weighted by molar-refractivity contribution is -0.142. The van der Waals surface area contributed by atoms with Crippen LogP contribution in [0.1, 0.15) is 39.2 Å². The summed E-state index contributed by atoms with van der Waals surface area (Å²) in [6.45, 7) is 8.02. The van der Waals surface area contributed by atoms with Crippen LogP contribution in [0.4, 0.5) is 0 Å². The second-order valence-corrected chi connectivity index (χ2v) is 11.7. The molecule has 1 fully saturated rings. The van der Waals surface area contributed by atoms with Crippen molar-refractivity contribution < 1.29 is 18.3 Å². The Bertz CT molecular complexity index is 980. The maximum Gasteiger partial charge on any atom is 0.323 e. The average Bonchev–Trinajstić information content (AvgIpc) is 2.67. The number of carboxylic acids is 1. The van der Waals surface area contributed by atoms with Gasteiger partial charge in [0.25, 0.3) is 0 Å². The number of carbonyl (C=O) groups is 1. The molecule has 1 aliphatic rings. The van der Waals surface area contributed by atoms with Gasteiger partial charge in [-0.05, 0) is 48.6 Å². The van der Waals surface area contributed by atoms with Crippen LogP contribution in [0.2, 0.25) is 0 Å². The minimum absolute atomic E-state index is 0.119. The number of thioether (sulfide) groups is 1. The summed E-state index contributed by atoms with van der Waals surface area (Å²) in [5, 5.41) is 9.69. The number of carboxylic acid groups (broad SMARTS) is 1. The molecule has 7 heteroatoms. The highest BCUT2D eigenvalue weighted by molar-refractivity contribution is 8.00. The molecule has 0 saturated carbocycles. The highest BCUT2D eigenvalue weighted by atomic mass is 32.2. The van der Waals surface area contributed by atoms with Crippen molar-refractivity contribution in [1.29, 1.82) is 0 Å². The standard InChI is InChI=1S/C22H27NO4S2/c1-15(2)16-5-7-17(8-6-16)18-9-11-19(12-10-18)29(26,27)23-13-14-28-22(3,4)20(23)21(24)25/h5-12,15,20H,13-14H2,1-4H3,(H,24,25)/t20-/m0/s1. The third-order valence-electron chi connectivity index (χ3n) is 5.34. The Hall–Kier alpha value is -1.83. The van der Waals surface area contributed by atoms with Gasteiger partial charge >= 0.3 is 5.97 Å². The van der Waals surface area contributed by atoms with Crippen LogP contribution >= 0.6 is 11.8 Å². The molecule has 0 aliphatic carbocycles. The first kappa shape index (κ1) is 21.9. The fourth-order valence-electron chi connectivity index (χ4n) is 3.65. The molecular weight excluding hydrogens is 406 g/mol. The second kappa shape index (κ2) is 8.13. The fourth-order valence-corrected chi connectivity index (χ4v) is 6.74. The number of hydrogen-bond acceptors (Lipinski definition) is 4. The normalized spacial score (nSPS) is 20.0. The van der Waals surface area contributed by atoms with Crippen LogP contribution in [0.3, 0.4) is 0 Å². The van der Waals surface area contributed by atoms with Crippen molar-refractivity contribution in [1.82, 2.24) is 4.31 Å². The Morgan fingerprint density at radius 3 is 2.07 bits per heavy atom. The van der Waals surface area contributed by atoms with E-state index in [0.717, 1.165) is 15.4 Å². The van der Waals surface area contributed by atoms with Gasteiger partial charge in [-0.15, -0.1) is 0 Å². The molecule has 0 spiro atoms. The van der Waals surface area contributed by atoms with Crippen LogP contribution in [-0.2, 0) is 14.8 Å². The lowest BCUT2D eigenvalue weighted by atomic mass is 9.99. The molecule has 0 unspecified atom stereocenters. The molecule has 5 nitrogen and oxygen atoms in total. The van der Waals surface area contributed by atoms with E-state index in [2.05, 4.69) is 26.0 Å². The zero-order valence-corrected chi connectivity index (χ0v) is 18.8. The third kappa shape index (κ3) is 4.37. The molecule has 0 bridgehead atoms. The van der Waals surface area contributed by atoms with Crippen LogP contribution in [0.5, 0.6) is 0 Å². The number of sulfonamides is 1. The summed E-state index contributed by atoms with van der Waals surface area (Å²) >= 11 is 1.49. The number of benzene rings is 2. The molecular formula is C22H27NO4S2. The zero-order chi connectivity index (χ0) is 21.4. The summed E-state index contributed by atoms with van der Waals surface area (Å²) in [5.74, 6) is -0.102. The van der Waals surface area contributed by atoms with Gasteiger partial charge in [0.1, 0.15) is 6.04 Å². The van der Waals surface area contributed by atoms with Gasteiger partial charge in [0.2, 0.25) is 10.0 Å². The average molecular weight is 434 g/mol. The molecule has 0 aromatic heterocycles. The molecule has 1 aliphatic heterocycles. The summed E-state index contributed by atoms with van der Waals surface area (Å²) in [6, 6.07) is 13.8. The van der Waals surface area contributed by atoms with E-state index in [1.165, 1.54) is 17.3 Å². The van der Waals surface area contributed by atoms with Crippen molar-refractivity contribution in [2.75, 3.05) is 12.3 Å². The van der Waals surface area contributed by atoms with Gasteiger partial charge in [-0.25, -0.2) is 8.42 Å². The SMILES string of the molecule is CC(C)c1ccc(-c2ccc(S(=O)(=O)N3CCSC(C)(C)[C@@H]3C(=O)O)cc2)cc1. The van der Waals surface area contributed by atoms with Crippen molar-refractivity contribution in [2.24, 2.45) is 0 Å². The topological polar surface area (TPSA) is 74.7 Å². The number of rotatable bonds is 5. The van der Waals surface area contributed by atoms with Crippen LogP contribution in [-0.4, -0.2) is 46.9 Å². The lowest BCUT2D eigenvalue weighted by Gasteiger charge is -2.42. The highest BCUT2D eigenvalue weighted by Gasteiger charge is 2.48. The Balaban J connectivity index is 1.91. The van der Waals surface area contributed by atoms with E-state index in [1.807, 2.05) is 12.1 Å². The van der Waals surface area contributed by atoms with Crippen molar-refractivity contribution in [2.45, 2.75) is 49.3 Å². The summed E-state index contributed by atoms with van der Waals surface area (Å²) < 4.78 is 26.9. The van der Waals surface area contributed by atoms with Crippen LogP contribution in [0.15, 0.2) is 53.4 Å². The maximum atomic E-state index is 13.2. The summed E-state index contributed by atoms with van der Waals surface area (Å²) in [7, 11) is -3.91.